The predicted octanol–water partition coefficient (Wildman–Crippen LogP) is 0.922. The molecule has 1 atom stereocenters. The van der Waals surface area contributed by atoms with Gasteiger partial charge in [0.25, 0.3) is 0 Å². The van der Waals surface area contributed by atoms with Gasteiger partial charge in [-0.3, -0.25) is 4.79 Å². The van der Waals surface area contributed by atoms with Gasteiger partial charge in [0.15, 0.2) is 0 Å². The largest absolute Gasteiger partial charge is 0.378 e. The van der Waals surface area contributed by atoms with Gasteiger partial charge < -0.3 is 15.4 Å². The SMILES string of the molecule is Cc1cccc(NC(=O)[C@@H]2COCCN2)c1. The molecule has 0 saturated carbocycles. The fourth-order valence-corrected chi connectivity index (χ4v) is 1.69. The van der Waals surface area contributed by atoms with E-state index in [0.29, 0.717) is 13.2 Å². The van der Waals surface area contributed by atoms with Crippen LogP contribution < -0.4 is 10.6 Å². The molecule has 1 aromatic rings. The Kier molecular flexibility index (Phi) is 3.54. The summed E-state index contributed by atoms with van der Waals surface area (Å²) in [5, 5.41) is 5.99. The lowest BCUT2D eigenvalue weighted by atomic mass is 10.2. The van der Waals surface area contributed by atoms with Gasteiger partial charge in [0, 0.05) is 12.2 Å². The third-order valence-corrected chi connectivity index (χ3v) is 2.52. The molecule has 1 aliphatic rings. The summed E-state index contributed by atoms with van der Waals surface area (Å²) in [6.07, 6.45) is 0. The van der Waals surface area contributed by atoms with Crippen LogP contribution in [0.4, 0.5) is 5.69 Å². The number of carbonyl (C=O) groups is 1. The van der Waals surface area contributed by atoms with Crippen LogP contribution in [-0.4, -0.2) is 31.7 Å². The molecule has 86 valence electrons. The number of nitrogens with one attached hydrogen (secondary N) is 2. The second-order valence-corrected chi connectivity index (χ2v) is 3.94. The molecule has 2 rings (SSSR count). The van der Waals surface area contributed by atoms with Crippen molar-refractivity contribution in [1.82, 2.24) is 5.32 Å². The van der Waals surface area contributed by atoms with E-state index in [-0.39, 0.29) is 11.9 Å². The Hall–Kier alpha value is -1.39. The minimum Gasteiger partial charge on any atom is -0.378 e. The average molecular weight is 220 g/mol. The van der Waals surface area contributed by atoms with Crippen molar-refractivity contribution in [2.75, 3.05) is 25.1 Å². The number of morpholine rings is 1. The summed E-state index contributed by atoms with van der Waals surface area (Å²) in [4.78, 5) is 11.8. The van der Waals surface area contributed by atoms with E-state index < -0.39 is 0 Å². The summed E-state index contributed by atoms with van der Waals surface area (Å²) in [5.74, 6) is -0.0368. The summed E-state index contributed by atoms with van der Waals surface area (Å²) in [5.41, 5.74) is 1.96. The molecule has 0 radical (unpaired) electrons. The lowest BCUT2D eigenvalue weighted by Gasteiger charge is -2.22. The minimum atomic E-state index is -0.241. The molecule has 0 bridgehead atoms. The van der Waals surface area contributed by atoms with Crippen molar-refractivity contribution in [1.29, 1.82) is 0 Å². The van der Waals surface area contributed by atoms with Crippen LogP contribution in [0, 0.1) is 6.92 Å². The van der Waals surface area contributed by atoms with Crippen molar-refractivity contribution in [2.45, 2.75) is 13.0 Å². The van der Waals surface area contributed by atoms with E-state index in [1.54, 1.807) is 0 Å². The van der Waals surface area contributed by atoms with Gasteiger partial charge in [-0.1, -0.05) is 12.1 Å². The Balaban J connectivity index is 1.96. The number of anilines is 1. The summed E-state index contributed by atoms with van der Waals surface area (Å²) in [6.45, 7) is 3.84. The third kappa shape index (κ3) is 2.81. The number of hydrogen-bond acceptors (Lipinski definition) is 3. The van der Waals surface area contributed by atoms with Gasteiger partial charge in [-0.15, -0.1) is 0 Å². The van der Waals surface area contributed by atoms with Crippen LogP contribution in [0.15, 0.2) is 24.3 Å². The van der Waals surface area contributed by atoms with Crippen LogP contribution in [0.3, 0.4) is 0 Å². The lowest BCUT2D eigenvalue weighted by molar-refractivity contribution is -0.120. The number of amides is 1. The number of carbonyl (C=O) groups excluding carboxylic acids is 1. The van der Waals surface area contributed by atoms with Crippen molar-refractivity contribution >= 4 is 11.6 Å². The first-order chi connectivity index (χ1) is 7.75. The number of aryl methyl sites for hydroxylation is 1. The molecule has 1 aliphatic heterocycles. The maximum Gasteiger partial charge on any atom is 0.243 e. The maximum absolute atomic E-state index is 11.8. The van der Waals surface area contributed by atoms with Crippen LogP contribution in [-0.2, 0) is 9.53 Å². The number of hydrogen-bond donors (Lipinski definition) is 2. The standard InChI is InChI=1S/C12H16N2O2/c1-9-3-2-4-10(7-9)14-12(15)11-8-16-6-5-13-11/h2-4,7,11,13H,5-6,8H2,1H3,(H,14,15)/t11-/m0/s1. The van der Waals surface area contributed by atoms with E-state index >= 15 is 0 Å². The quantitative estimate of drug-likeness (QED) is 0.779. The van der Waals surface area contributed by atoms with Gasteiger partial charge in [-0.05, 0) is 24.6 Å². The Morgan fingerprint density at radius 3 is 3.12 bits per heavy atom. The molecule has 0 aromatic heterocycles. The molecule has 16 heavy (non-hydrogen) atoms. The van der Waals surface area contributed by atoms with Crippen molar-refractivity contribution in [3.63, 3.8) is 0 Å². The second kappa shape index (κ2) is 5.09. The zero-order chi connectivity index (χ0) is 11.4. The van der Waals surface area contributed by atoms with Crippen LogP contribution >= 0.6 is 0 Å². The lowest BCUT2D eigenvalue weighted by Crippen LogP contribution is -2.48. The molecule has 1 aromatic carbocycles. The molecular formula is C12H16N2O2. The predicted molar refractivity (Wildman–Crippen MR) is 62.4 cm³/mol. The smallest absolute Gasteiger partial charge is 0.243 e. The zero-order valence-corrected chi connectivity index (χ0v) is 9.32. The van der Waals surface area contributed by atoms with E-state index in [4.69, 9.17) is 4.74 Å². The highest BCUT2D eigenvalue weighted by Crippen LogP contribution is 2.10. The molecule has 2 N–H and O–H groups in total. The van der Waals surface area contributed by atoms with E-state index in [1.165, 1.54) is 0 Å². The molecule has 1 saturated heterocycles. The van der Waals surface area contributed by atoms with E-state index in [2.05, 4.69) is 10.6 Å². The number of benzene rings is 1. The van der Waals surface area contributed by atoms with Crippen molar-refractivity contribution in [3.8, 4) is 0 Å². The summed E-state index contributed by atoms with van der Waals surface area (Å²) >= 11 is 0. The second-order valence-electron chi connectivity index (χ2n) is 3.94. The molecule has 1 amide bonds. The Bertz CT molecular complexity index is 373. The van der Waals surface area contributed by atoms with E-state index in [0.717, 1.165) is 17.8 Å². The Morgan fingerprint density at radius 2 is 2.44 bits per heavy atom. The zero-order valence-electron chi connectivity index (χ0n) is 9.32. The van der Waals surface area contributed by atoms with Gasteiger partial charge in [-0.2, -0.15) is 0 Å². The molecule has 4 nitrogen and oxygen atoms in total. The van der Waals surface area contributed by atoms with Gasteiger partial charge in [0.05, 0.1) is 13.2 Å². The molecule has 0 unspecified atom stereocenters. The van der Waals surface area contributed by atoms with E-state index in [1.807, 2.05) is 31.2 Å². The number of ether oxygens (including phenoxy) is 1. The first kappa shape index (κ1) is 11.1. The van der Waals surface area contributed by atoms with Crippen molar-refractivity contribution < 1.29 is 9.53 Å². The molecule has 0 spiro atoms. The fraction of sp³-hybridized carbons (Fsp3) is 0.417. The fourth-order valence-electron chi connectivity index (χ4n) is 1.69. The third-order valence-electron chi connectivity index (χ3n) is 2.52. The Morgan fingerprint density at radius 1 is 1.56 bits per heavy atom. The van der Waals surface area contributed by atoms with Gasteiger partial charge in [0.1, 0.15) is 6.04 Å². The number of rotatable bonds is 2. The average Bonchev–Trinajstić information content (AvgIpc) is 2.30. The topological polar surface area (TPSA) is 50.4 Å². The summed E-state index contributed by atoms with van der Waals surface area (Å²) in [7, 11) is 0. The van der Waals surface area contributed by atoms with Crippen LogP contribution in [0.1, 0.15) is 5.56 Å². The van der Waals surface area contributed by atoms with Crippen LogP contribution in [0.5, 0.6) is 0 Å². The monoisotopic (exact) mass is 220 g/mol. The highest BCUT2D eigenvalue weighted by Gasteiger charge is 2.20. The minimum absolute atomic E-state index is 0.0368. The first-order valence-electron chi connectivity index (χ1n) is 5.44. The maximum atomic E-state index is 11.8. The van der Waals surface area contributed by atoms with Crippen molar-refractivity contribution in [3.05, 3.63) is 29.8 Å². The summed E-state index contributed by atoms with van der Waals surface area (Å²) in [6, 6.07) is 7.51. The van der Waals surface area contributed by atoms with Crippen molar-refractivity contribution in [2.24, 2.45) is 0 Å². The first-order valence-corrected chi connectivity index (χ1v) is 5.44. The van der Waals surface area contributed by atoms with E-state index in [9.17, 15) is 4.79 Å². The molecular weight excluding hydrogens is 204 g/mol. The van der Waals surface area contributed by atoms with Gasteiger partial charge in [0.2, 0.25) is 5.91 Å². The molecule has 1 fully saturated rings. The van der Waals surface area contributed by atoms with Crippen LogP contribution in [0.25, 0.3) is 0 Å². The highest BCUT2D eigenvalue weighted by molar-refractivity contribution is 5.95. The summed E-state index contributed by atoms with van der Waals surface area (Å²) < 4.78 is 5.24. The molecule has 0 aliphatic carbocycles. The van der Waals surface area contributed by atoms with Crippen LogP contribution in [0.2, 0.25) is 0 Å². The normalized spacial score (nSPS) is 20.4. The van der Waals surface area contributed by atoms with Gasteiger partial charge >= 0.3 is 0 Å². The Labute approximate surface area is 95.0 Å². The highest BCUT2D eigenvalue weighted by atomic mass is 16.5. The van der Waals surface area contributed by atoms with Gasteiger partial charge in [-0.25, -0.2) is 0 Å². The molecule has 1 heterocycles. The molecule has 4 heteroatoms.